The molecule has 0 spiro atoms. The van der Waals surface area contributed by atoms with Crippen molar-refractivity contribution >= 4 is 0 Å². The Labute approximate surface area is 75.0 Å². The molecule has 0 saturated heterocycles. The summed E-state index contributed by atoms with van der Waals surface area (Å²) in [5, 5.41) is 10.0. The Balaban J connectivity index is 2.39. The van der Waals surface area contributed by atoms with Gasteiger partial charge in [-0.1, -0.05) is 0 Å². The zero-order valence-electron chi connectivity index (χ0n) is 7.54. The van der Waals surface area contributed by atoms with Crippen molar-refractivity contribution in [1.82, 2.24) is 20.1 Å². The van der Waals surface area contributed by atoms with Crippen molar-refractivity contribution in [2.75, 3.05) is 0 Å². The zero-order valence-corrected chi connectivity index (χ0v) is 7.54. The number of aryl methyl sites for hydroxylation is 1. The molecule has 0 bridgehead atoms. The largest absolute Gasteiger partial charge is 0.320 e. The van der Waals surface area contributed by atoms with E-state index in [4.69, 9.17) is 0 Å². The molecule has 1 heterocycles. The molecule has 1 atom stereocenters. The second-order valence-corrected chi connectivity index (χ2v) is 2.86. The van der Waals surface area contributed by atoms with Crippen LogP contribution in [0.25, 0.3) is 0 Å². The molecule has 1 aromatic heterocycles. The number of hydrogen-bond donors (Lipinski definition) is 1. The predicted molar refractivity (Wildman–Crippen MR) is 43.3 cm³/mol. The van der Waals surface area contributed by atoms with Crippen molar-refractivity contribution in [2.45, 2.75) is 25.9 Å². The van der Waals surface area contributed by atoms with E-state index in [2.05, 4.69) is 15.5 Å². The van der Waals surface area contributed by atoms with Gasteiger partial charge in [-0.3, -0.25) is 0 Å². The minimum absolute atomic E-state index is 0.308. The molecule has 4 nitrogen and oxygen atoms in total. The van der Waals surface area contributed by atoms with Crippen LogP contribution in [0.2, 0.25) is 0 Å². The van der Waals surface area contributed by atoms with Gasteiger partial charge in [-0.15, -0.1) is 10.2 Å². The van der Waals surface area contributed by atoms with Gasteiger partial charge in [-0.05, 0) is 6.92 Å². The second-order valence-electron chi connectivity index (χ2n) is 2.86. The van der Waals surface area contributed by atoms with Crippen molar-refractivity contribution in [3.8, 4) is 0 Å². The lowest BCUT2D eigenvalue weighted by molar-refractivity contribution is 0.105. The fourth-order valence-corrected chi connectivity index (χ4v) is 0.809. The van der Waals surface area contributed by atoms with E-state index in [0.29, 0.717) is 12.4 Å². The summed E-state index contributed by atoms with van der Waals surface area (Å²) in [6.07, 6.45) is -0.822. The smallest absolute Gasteiger partial charge is 0.253 e. The number of halogens is 2. The van der Waals surface area contributed by atoms with E-state index in [1.807, 2.05) is 0 Å². The third-order valence-electron chi connectivity index (χ3n) is 1.77. The van der Waals surface area contributed by atoms with E-state index < -0.39 is 12.5 Å². The second kappa shape index (κ2) is 4.27. The highest BCUT2D eigenvalue weighted by atomic mass is 19.3. The molecule has 0 saturated carbocycles. The van der Waals surface area contributed by atoms with Crippen molar-refractivity contribution in [3.63, 3.8) is 0 Å². The van der Waals surface area contributed by atoms with E-state index in [-0.39, 0.29) is 0 Å². The quantitative estimate of drug-likeness (QED) is 0.754. The molecule has 0 aliphatic rings. The third kappa shape index (κ3) is 2.73. The molecule has 74 valence electrons. The average Bonchev–Trinajstić information content (AvgIpc) is 2.47. The number of alkyl halides is 2. The summed E-state index contributed by atoms with van der Waals surface area (Å²) < 4.78 is 25.8. The Morgan fingerprint density at radius 2 is 2.31 bits per heavy atom. The molecule has 0 amide bonds. The van der Waals surface area contributed by atoms with Gasteiger partial charge < -0.3 is 9.88 Å². The first-order valence-corrected chi connectivity index (χ1v) is 3.95. The van der Waals surface area contributed by atoms with Crippen LogP contribution in [0.4, 0.5) is 8.78 Å². The fraction of sp³-hybridized carbons (Fsp3) is 0.714. The van der Waals surface area contributed by atoms with Gasteiger partial charge in [0.15, 0.2) is 0 Å². The van der Waals surface area contributed by atoms with Gasteiger partial charge in [-0.2, -0.15) is 0 Å². The van der Waals surface area contributed by atoms with Crippen molar-refractivity contribution in [1.29, 1.82) is 0 Å². The summed E-state index contributed by atoms with van der Waals surface area (Å²) in [6.45, 7) is 1.74. The predicted octanol–water partition coefficient (Wildman–Crippen LogP) is 0.558. The van der Waals surface area contributed by atoms with Gasteiger partial charge in [0.2, 0.25) is 0 Å². The van der Waals surface area contributed by atoms with Crippen molar-refractivity contribution < 1.29 is 8.78 Å². The van der Waals surface area contributed by atoms with E-state index >= 15 is 0 Å². The molecular formula is C7H12F2N4. The van der Waals surface area contributed by atoms with Gasteiger partial charge in [-0.25, -0.2) is 8.78 Å². The molecule has 0 aromatic carbocycles. The SMILES string of the molecule is CC(NCc1nncn1C)C(F)F. The molecule has 1 aromatic rings. The molecular weight excluding hydrogens is 178 g/mol. The van der Waals surface area contributed by atoms with E-state index in [1.54, 1.807) is 11.6 Å². The molecule has 0 aliphatic carbocycles. The zero-order chi connectivity index (χ0) is 9.84. The Kier molecular flexibility index (Phi) is 3.30. The fourth-order valence-electron chi connectivity index (χ4n) is 0.809. The summed E-state index contributed by atoms with van der Waals surface area (Å²) in [5.74, 6) is 0.646. The first-order valence-electron chi connectivity index (χ1n) is 3.95. The van der Waals surface area contributed by atoms with Gasteiger partial charge in [0.05, 0.1) is 12.6 Å². The van der Waals surface area contributed by atoms with Crippen LogP contribution in [0, 0.1) is 0 Å². The first-order chi connectivity index (χ1) is 6.11. The van der Waals surface area contributed by atoms with Crippen LogP contribution in [0.15, 0.2) is 6.33 Å². The lowest BCUT2D eigenvalue weighted by Crippen LogP contribution is -2.32. The maximum absolute atomic E-state index is 12.1. The molecule has 0 aliphatic heterocycles. The highest BCUT2D eigenvalue weighted by molar-refractivity contribution is 4.84. The minimum Gasteiger partial charge on any atom is -0.320 e. The van der Waals surface area contributed by atoms with Crippen molar-refractivity contribution in [3.05, 3.63) is 12.2 Å². The van der Waals surface area contributed by atoms with E-state index in [0.717, 1.165) is 0 Å². The molecule has 0 fully saturated rings. The lowest BCUT2D eigenvalue weighted by Gasteiger charge is -2.11. The van der Waals surface area contributed by atoms with Crippen LogP contribution in [-0.2, 0) is 13.6 Å². The Bertz CT molecular complexity index is 261. The Morgan fingerprint density at radius 3 is 2.77 bits per heavy atom. The molecule has 1 rings (SSSR count). The topological polar surface area (TPSA) is 42.7 Å². The molecule has 1 N–H and O–H groups in total. The van der Waals surface area contributed by atoms with Crippen LogP contribution >= 0.6 is 0 Å². The normalized spacial score (nSPS) is 13.6. The summed E-state index contributed by atoms with van der Waals surface area (Å²) in [5.41, 5.74) is 0. The standard InChI is InChI=1S/C7H12F2N4/c1-5(7(8)9)10-3-6-12-11-4-13(6)2/h4-5,7,10H,3H2,1-2H3. The van der Waals surface area contributed by atoms with Gasteiger partial charge >= 0.3 is 0 Å². The van der Waals surface area contributed by atoms with Crippen LogP contribution in [-0.4, -0.2) is 27.2 Å². The summed E-state index contributed by atoms with van der Waals surface area (Å²) >= 11 is 0. The summed E-state index contributed by atoms with van der Waals surface area (Å²) in [6, 6.07) is -0.822. The molecule has 13 heavy (non-hydrogen) atoms. The molecule has 6 heteroatoms. The van der Waals surface area contributed by atoms with Crippen LogP contribution in [0.3, 0.4) is 0 Å². The number of nitrogens with one attached hydrogen (secondary N) is 1. The highest BCUT2D eigenvalue weighted by Gasteiger charge is 2.14. The van der Waals surface area contributed by atoms with E-state index in [9.17, 15) is 8.78 Å². The number of hydrogen-bond acceptors (Lipinski definition) is 3. The maximum atomic E-state index is 12.1. The third-order valence-corrected chi connectivity index (χ3v) is 1.77. The minimum atomic E-state index is -2.35. The number of rotatable bonds is 4. The molecule has 1 unspecified atom stereocenters. The van der Waals surface area contributed by atoms with E-state index in [1.165, 1.54) is 13.3 Å². The number of aromatic nitrogens is 3. The van der Waals surface area contributed by atoms with Crippen LogP contribution in [0.5, 0.6) is 0 Å². The van der Waals surface area contributed by atoms with Crippen LogP contribution in [0.1, 0.15) is 12.7 Å². The first kappa shape index (κ1) is 10.0. The lowest BCUT2D eigenvalue weighted by atomic mass is 10.3. The van der Waals surface area contributed by atoms with Crippen molar-refractivity contribution in [2.24, 2.45) is 7.05 Å². The monoisotopic (exact) mass is 190 g/mol. The molecule has 0 radical (unpaired) electrons. The summed E-state index contributed by atoms with van der Waals surface area (Å²) in [7, 11) is 1.77. The average molecular weight is 190 g/mol. The maximum Gasteiger partial charge on any atom is 0.253 e. The highest BCUT2D eigenvalue weighted by Crippen LogP contribution is 2.00. The van der Waals surface area contributed by atoms with Crippen LogP contribution < -0.4 is 5.32 Å². The van der Waals surface area contributed by atoms with Gasteiger partial charge in [0, 0.05) is 7.05 Å². The Hall–Kier alpha value is -1.04. The number of nitrogens with zero attached hydrogens (tertiary/aromatic N) is 3. The Morgan fingerprint density at radius 1 is 1.62 bits per heavy atom. The van der Waals surface area contributed by atoms with Gasteiger partial charge in [0.1, 0.15) is 12.2 Å². The van der Waals surface area contributed by atoms with Gasteiger partial charge in [0.25, 0.3) is 6.43 Å². The summed E-state index contributed by atoms with van der Waals surface area (Å²) in [4.78, 5) is 0.